The highest BCUT2D eigenvalue weighted by molar-refractivity contribution is 9.10. The van der Waals surface area contributed by atoms with E-state index in [9.17, 15) is 10.1 Å². The summed E-state index contributed by atoms with van der Waals surface area (Å²) < 4.78 is 0.981. The van der Waals surface area contributed by atoms with E-state index >= 15 is 0 Å². The van der Waals surface area contributed by atoms with Crippen LogP contribution in [0.5, 0.6) is 0 Å². The maximum absolute atomic E-state index is 11.8. The normalized spacial score (nSPS) is 10.7. The van der Waals surface area contributed by atoms with Crippen molar-refractivity contribution in [3.63, 3.8) is 0 Å². The number of anilines is 3. The van der Waals surface area contributed by atoms with E-state index in [0.29, 0.717) is 35.5 Å². The maximum Gasteiger partial charge on any atom is 0.293 e. The van der Waals surface area contributed by atoms with Crippen molar-refractivity contribution < 1.29 is 4.92 Å². The second-order valence-corrected chi connectivity index (χ2v) is 7.50. The first-order valence-electron chi connectivity index (χ1n) is 8.96. The van der Waals surface area contributed by atoms with Crippen LogP contribution < -0.4 is 16.4 Å². The van der Waals surface area contributed by atoms with Crippen molar-refractivity contribution in [1.29, 1.82) is 0 Å². The number of aromatic nitrogens is 2. The van der Waals surface area contributed by atoms with Crippen molar-refractivity contribution in [2.24, 2.45) is 0 Å². The average molecular weight is 457 g/mol. The summed E-state index contributed by atoms with van der Waals surface area (Å²) in [6, 6.07) is 12.9. The Kier molecular flexibility index (Phi) is 5.97. The van der Waals surface area contributed by atoms with Gasteiger partial charge in [-0.1, -0.05) is 41.1 Å². The lowest BCUT2D eigenvalue weighted by Gasteiger charge is -2.20. The summed E-state index contributed by atoms with van der Waals surface area (Å²) in [4.78, 5) is 21.5. The van der Waals surface area contributed by atoms with Gasteiger partial charge in [0.05, 0.1) is 10.6 Å². The van der Waals surface area contributed by atoms with E-state index in [2.05, 4.69) is 25.9 Å². The van der Waals surface area contributed by atoms with Crippen molar-refractivity contribution in [2.75, 3.05) is 23.4 Å². The molecule has 3 rings (SSSR count). The third-order valence-corrected chi connectivity index (χ3v) is 5.10. The summed E-state index contributed by atoms with van der Waals surface area (Å²) in [6.07, 6.45) is 0.575. The van der Waals surface area contributed by atoms with Crippen LogP contribution in [0, 0.1) is 10.1 Å². The van der Waals surface area contributed by atoms with E-state index in [0.717, 1.165) is 10.0 Å². The molecule has 0 atom stereocenters. The van der Waals surface area contributed by atoms with Crippen molar-refractivity contribution >= 4 is 39.1 Å². The molecule has 0 radical (unpaired) electrons. The molecule has 1 heterocycles. The van der Waals surface area contributed by atoms with Crippen LogP contribution in [0.4, 0.5) is 23.1 Å². The number of hydrogen-bond acceptors (Lipinski definition) is 7. The first kappa shape index (κ1) is 20.5. The Morgan fingerprint density at radius 3 is 2.45 bits per heavy atom. The minimum absolute atomic E-state index is 0.0135. The maximum atomic E-state index is 11.8. The Bertz CT molecular complexity index is 1060. The van der Waals surface area contributed by atoms with Gasteiger partial charge in [0.2, 0.25) is 5.95 Å². The van der Waals surface area contributed by atoms with Gasteiger partial charge >= 0.3 is 0 Å². The molecule has 1 aromatic heterocycles. The van der Waals surface area contributed by atoms with E-state index in [1.807, 2.05) is 43.1 Å². The summed E-state index contributed by atoms with van der Waals surface area (Å²) in [5.41, 5.74) is 15.1. The fourth-order valence-corrected chi connectivity index (χ4v) is 3.48. The van der Waals surface area contributed by atoms with Crippen LogP contribution in [0.3, 0.4) is 0 Å². The van der Waals surface area contributed by atoms with Crippen LogP contribution in [0.25, 0.3) is 11.1 Å². The minimum atomic E-state index is -0.392. The van der Waals surface area contributed by atoms with Crippen LogP contribution in [0.15, 0.2) is 46.9 Å². The van der Waals surface area contributed by atoms with Gasteiger partial charge in [0.25, 0.3) is 5.69 Å². The summed E-state index contributed by atoms with van der Waals surface area (Å²) >= 11 is 3.41. The quantitative estimate of drug-likeness (QED) is 0.420. The predicted molar refractivity (Wildman–Crippen MR) is 119 cm³/mol. The number of nitro groups is 1. The number of nitrogens with two attached hydrogens (primary N) is 2. The lowest BCUT2D eigenvalue weighted by atomic mass is 10.0. The van der Waals surface area contributed by atoms with Gasteiger partial charge in [-0.05, 0) is 35.7 Å². The van der Waals surface area contributed by atoms with E-state index in [1.54, 1.807) is 12.1 Å². The van der Waals surface area contributed by atoms with Crippen LogP contribution in [-0.2, 0) is 13.0 Å². The predicted octanol–water partition coefficient (Wildman–Crippen LogP) is 4.18. The van der Waals surface area contributed by atoms with E-state index in [-0.39, 0.29) is 17.5 Å². The molecular formula is C20H21BrN6O2. The zero-order valence-electron chi connectivity index (χ0n) is 16.1. The highest BCUT2D eigenvalue weighted by Crippen LogP contribution is 2.36. The molecule has 0 unspecified atom stereocenters. The van der Waals surface area contributed by atoms with Crippen LogP contribution in [0.1, 0.15) is 18.2 Å². The van der Waals surface area contributed by atoms with Gasteiger partial charge in [0.1, 0.15) is 11.5 Å². The molecule has 0 bridgehead atoms. The Morgan fingerprint density at radius 2 is 1.83 bits per heavy atom. The molecule has 0 spiro atoms. The first-order valence-corrected chi connectivity index (χ1v) is 9.75. The molecule has 8 nitrogen and oxygen atoms in total. The number of nitro benzene ring substituents is 1. The van der Waals surface area contributed by atoms with Crippen molar-refractivity contribution in [2.45, 2.75) is 19.9 Å². The summed E-state index contributed by atoms with van der Waals surface area (Å²) in [7, 11) is 1.82. The smallest absolute Gasteiger partial charge is 0.293 e. The largest absolute Gasteiger partial charge is 0.383 e. The summed E-state index contributed by atoms with van der Waals surface area (Å²) in [5.74, 6) is 0.295. The SMILES string of the molecule is CCc1nc(N)nc(N)c1-c1ccc(N(C)Cc2ccc(Br)cc2)c([N+](=O)[O-])c1. The molecule has 0 aliphatic heterocycles. The van der Waals surface area contributed by atoms with Crippen LogP contribution >= 0.6 is 15.9 Å². The van der Waals surface area contributed by atoms with Crippen molar-refractivity contribution in [3.05, 3.63) is 68.3 Å². The van der Waals surface area contributed by atoms with Gasteiger partial charge in [0.15, 0.2) is 0 Å². The number of halogens is 1. The van der Waals surface area contributed by atoms with Gasteiger partial charge in [-0.15, -0.1) is 0 Å². The molecule has 9 heteroatoms. The van der Waals surface area contributed by atoms with Crippen LogP contribution in [-0.4, -0.2) is 21.9 Å². The molecule has 0 saturated carbocycles. The molecule has 0 aliphatic carbocycles. The van der Waals surface area contributed by atoms with Gasteiger partial charge in [-0.25, -0.2) is 4.98 Å². The van der Waals surface area contributed by atoms with E-state index in [1.165, 1.54) is 6.07 Å². The fraction of sp³-hybridized carbons (Fsp3) is 0.200. The summed E-state index contributed by atoms with van der Waals surface area (Å²) in [5, 5.41) is 11.8. The number of hydrogen-bond donors (Lipinski definition) is 2. The molecule has 3 aromatic rings. The van der Waals surface area contributed by atoms with Crippen LogP contribution in [0.2, 0.25) is 0 Å². The monoisotopic (exact) mass is 456 g/mol. The number of nitrogens with zero attached hydrogens (tertiary/aromatic N) is 4. The molecule has 0 amide bonds. The van der Waals surface area contributed by atoms with Crippen molar-refractivity contribution in [1.82, 2.24) is 9.97 Å². The highest BCUT2D eigenvalue weighted by Gasteiger charge is 2.21. The average Bonchev–Trinajstić information content (AvgIpc) is 2.68. The molecule has 0 fully saturated rings. The number of nitrogen functional groups attached to an aromatic ring is 2. The molecule has 150 valence electrons. The number of aryl methyl sites for hydroxylation is 1. The standard InChI is InChI=1S/C20H21BrN6O2/c1-3-15-18(19(22)25-20(23)24-15)13-6-9-16(17(10-13)27(28)29)26(2)11-12-4-7-14(21)8-5-12/h4-10H,3,11H2,1-2H3,(H4,22,23,24,25). The Morgan fingerprint density at radius 1 is 1.14 bits per heavy atom. The summed E-state index contributed by atoms with van der Waals surface area (Å²) in [6.45, 7) is 2.44. The highest BCUT2D eigenvalue weighted by atomic mass is 79.9. The molecular weight excluding hydrogens is 436 g/mol. The number of benzene rings is 2. The van der Waals surface area contributed by atoms with Gasteiger partial charge < -0.3 is 16.4 Å². The van der Waals surface area contributed by atoms with Gasteiger partial charge in [-0.3, -0.25) is 10.1 Å². The fourth-order valence-electron chi connectivity index (χ4n) is 3.21. The Hall–Kier alpha value is -3.20. The molecule has 0 aliphatic rings. The lowest BCUT2D eigenvalue weighted by Crippen LogP contribution is -2.17. The number of rotatable bonds is 6. The lowest BCUT2D eigenvalue weighted by molar-refractivity contribution is -0.384. The molecule has 4 N–H and O–H groups in total. The second kappa shape index (κ2) is 8.44. The molecule has 29 heavy (non-hydrogen) atoms. The van der Waals surface area contributed by atoms with Crippen molar-refractivity contribution in [3.8, 4) is 11.1 Å². The zero-order chi connectivity index (χ0) is 21.1. The van der Waals surface area contributed by atoms with Gasteiger partial charge in [-0.2, -0.15) is 4.98 Å². The molecule has 2 aromatic carbocycles. The molecule has 0 saturated heterocycles. The first-order chi connectivity index (χ1) is 13.8. The minimum Gasteiger partial charge on any atom is -0.383 e. The second-order valence-electron chi connectivity index (χ2n) is 6.59. The Balaban J connectivity index is 2.02. The van der Waals surface area contributed by atoms with E-state index < -0.39 is 4.92 Å². The third kappa shape index (κ3) is 4.45. The van der Waals surface area contributed by atoms with E-state index in [4.69, 9.17) is 11.5 Å². The topological polar surface area (TPSA) is 124 Å². The van der Waals surface area contributed by atoms with Gasteiger partial charge in [0, 0.05) is 29.7 Å². The Labute approximate surface area is 176 Å². The zero-order valence-corrected chi connectivity index (χ0v) is 17.7. The third-order valence-electron chi connectivity index (χ3n) is 4.57.